The molecule has 1 aromatic heterocycles. The van der Waals surface area contributed by atoms with Crippen LogP contribution in [0.2, 0.25) is 0 Å². The first-order valence-electron chi connectivity index (χ1n) is 8.32. The van der Waals surface area contributed by atoms with Crippen molar-refractivity contribution >= 4 is 33.2 Å². The van der Waals surface area contributed by atoms with E-state index in [1.54, 1.807) is 14.0 Å². The summed E-state index contributed by atoms with van der Waals surface area (Å²) in [5.74, 6) is -0.888. The molecule has 0 spiro atoms. The standard InChI is InChI=1S/C17H20O4S.C2H6/c1-4-5-11-8-15-12(7-14(11)21-3)9-16(22-15)13(18)6-10(2)17(19)20;1-2/h7-10H,4-6H2,1-3H3,(H,19,20);1-2H3/t10-;/m0./s1. The monoisotopic (exact) mass is 350 g/mol. The minimum Gasteiger partial charge on any atom is -0.496 e. The molecular formula is C19H26O4S. The molecule has 0 aliphatic rings. The first-order valence-corrected chi connectivity index (χ1v) is 9.14. The van der Waals surface area contributed by atoms with Crippen molar-refractivity contribution in [3.05, 3.63) is 28.6 Å². The lowest BCUT2D eigenvalue weighted by Gasteiger charge is -2.07. The van der Waals surface area contributed by atoms with Gasteiger partial charge in [0.05, 0.1) is 17.9 Å². The number of rotatable bonds is 7. The van der Waals surface area contributed by atoms with Gasteiger partial charge in [0.15, 0.2) is 5.78 Å². The molecule has 1 N–H and O–H groups in total. The second-order valence-electron chi connectivity index (χ2n) is 5.43. The van der Waals surface area contributed by atoms with Crippen LogP contribution in [0.5, 0.6) is 5.75 Å². The molecule has 0 bridgehead atoms. The van der Waals surface area contributed by atoms with Crippen LogP contribution in [0, 0.1) is 5.92 Å². The summed E-state index contributed by atoms with van der Waals surface area (Å²) < 4.78 is 6.45. The number of benzene rings is 1. The number of hydrogen-bond acceptors (Lipinski definition) is 4. The number of aryl methyl sites for hydroxylation is 1. The van der Waals surface area contributed by atoms with Crippen LogP contribution in [0.25, 0.3) is 10.1 Å². The molecule has 0 radical (unpaired) electrons. The van der Waals surface area contributed by atoms with Gasteiger partial charge in [-0.15, -0.1) is 11.3 Å². The van der Waals surface area contributed by atoms with E-state index >= 15 is 0 Å². The molecular weight excluding hydrogens is 324 g/mol. The molecule has 0 saturated heterocycles. The van der Waals surface area contributed by atoms with Crippen molar-refractivity contribution in [3.63, 3.8) is 0 Å². The molecule has 0 aliphatic heterocycles. The van der Waals surface area contributed by atoms with Gasteiger partial charge in [-0.1, -0.05) is 34.1 Å². The Morgan fingerprint density at radius 3 is 2.46 bits per heavy atom. The minimum atomic E-state index is -0.943. The highest BCUT2D eigenvalue weighted by atomic mass is 32.1. The maximum atomic E-state index is 12.2. The molecule has 0 fully saturated rings. The van der Waals surface area contributed by atoms with Crippen molar-refractivity contribution in [2.75, 3.05) is 7.11 Å². The third-order valence-corrected chi connectivity index (χ3v) is 4.77. The number of ketones is 1. The summed E-state index contributed by atoms with van der Waals surface area (Å²) in [5.41, 5.74) is 1.14. The van der Waals surface area contributed by atoms with Crippen LogP contribution < -0.4 is 4.74 Å². The smallest absolute Gasteiger partial charge is 0.306 e. The number of carboxylic acids is 1. The molecule has 2 rings (SSSR count). The zero-order valence-electron chi connectivity index (χ0n) is 15.0. The Balaban J connectivity index is 0.00000139. The fraction of sp³-hybridized carbons (Fsp3) is 0.474. The summed E-state index contributed by atoms with van der Waals surface area (Å²) in [5, 5.41) is 9.88. The van der Waals surface area contributed by atoms with Gasteiger partial charge in [-0.05, 0) is 35.6 Å². The van der Waals surface area contributed by atoms with E-state index in [1.807, 2.05) is 26.0 Å². The molecule has 4 nitrogen and oxygen atoms in total. The number of carbonyl (C=O) groups excluding carboxylic acids is 1. The van der Waals surface area contributed by atoms with Gasteiger partial charge in [-0.2, -0.15) is 0 Å². The van der Waals surface area contributed by atoms with E-state index in [0.29, 0.717) is 4.88 Å². The van der Waals surface area contributed by atoms with E-state index in [2.05, 4.69) is 13.0 Å². The SMILES string of the molecule is CC.CCCc1cc2sc(C(=O)C[C@H](C)C(=O)O)cc2cc1OC. The van der Waals surface area contributed by atoms with Crippen molar-refractivity contribution in [2.24, 2.45) is 5.92 Å². The Morgan fingerprint density at radius 1 is 1.25 bits per heavy atom. The molecule has 0 amide bonds. The zero-order valence-corrected chi connectivity index (χ0v) is 15.8. The number of fused-ring (bicyclic) bond motifs is 1. The Bertz CT molecular complexity index is 703. The predicted molar refractivity (Wildman–Crippen MR) is 99.5 cm³/mol. The summed E-state index contributed by atoms with van der Waals surface area (Å²) in [7, 11) is 1.65. The van der Waals surface area contributed by atoms with Crippen LogP contribution in [0.1, 0.15) is 55.8 Å². The maximum Gasteiger partial charge on any atom is 0.306 e. The number of carboxylic acid groups (broad SMARTS) is 1. The van der Waals surface area contributed by atoms with Crippen molar-refractivity contribution < 1.29 is 19.4 Å². The number of aliphatic carboxylic acids is 1. The minimum absolute atomic E-state index is 0.0289. The normalized spacial score (nSPS) is 11.5. The van der Waals surface area contributed by atoms with Gasteiger partial charge in [-0.25, -0.2) is 0 Å². The fourth-order valence-electron chi connectivity index (χ4n) is 2.37. The number of Topliss-reactive ketones (excluding diaryl/α,β-unsaturated/α-hetero) is 1. The lowest BCUT2D eigenvalue weighted by Crippen LogP contribution is -2.13. The fourth-order valence-corrected chi connectivity index (χ4v) is 3.42. The van der Waals surface area contributed by atoms with Crippen molar-refractivity contribution in [2.45, 2.75) is 47.0 Å². The van der Waals surface area contributed by atoms with Crippen molar-refractivity contribution in [1.82, 2.24) is 0 Å². The largest absolute Gasteiger partial charge is 0.496 e. The quantitative estimate of drug-likeness (QED) is 0.699. The summed E-state index contributed by atoms with van der Waals surface area (Å²) in [6, 6.07) is 5.85. The van der Waals surface area contributed by atoms with E-state index in [4.69, 9.17) is 9.84 Å². The van der Waals surface area contributed by atoms with Crippen LogP contribution in [0.15, 0.2) is 18.2 Å². The van der Waals surface area contributed by atoms with Gasteiger partial charge >= 0.3 is 5.97 Å². The highest BCUT2D eigenvalue weighted by Gasteiger charge is 2.19. The number of hydrogen-bond donors (Lipinski definition) is 1. The number of carbonyl (C=O) groups is 2. The first-order chi connectivity index (χ1) is 11.5. The van der Waals surface area contributed by atoms with Crippen LogP contribution in [-0.4, -0.2) is 24.0 Å². The first kappa shape index (κ1) is 20.2. The summed E-state index contributed by atoms with van der Waals surface area (Å²) in [4.78, 5) is 23.7. The second kappa shape index (κ2) is 9.42. The number of ether oxygens (including phenoxy) is 1. The molecule has 1 aromatic carbocycles. The van der Waals surface area contributed by atoms with Gasteiger partial charge in [0, 0.05) is 11.1 Å². The van der Waals surface area contributed by atoms with E-state index in [1.165, 1.54) is 11.3 Å². The molecule has 2 aromatic rings. The zero-order chi connectivity index (χ0) is 18.3. The predicted octanol–water partition coefficient (Wildman–Crippen LogP) is 5.18. The molecule has 5 heteroatoms. The molecule has 0 aliphatic carbocycles. The highest BCUT2D eigenvalue weighted by Crippen LogP contribution is 2.33. The van der Waals surface area contributed by atoms with E-state index < -0.39 is 11.9 Å². The van der Waals surface area contributed by atoms with E-state index in [0.717, 1.165) is 34.2 Å². The van der Waals surface area contributed by atoms with Gasteiger partial charge in [0.2, 0.25) is 0 Å². The molecule has 24 heavy (non-hydrogen) atoms. The Morgan fingerprint density at radius 2 is 1.92 bits per heavy atom. The van der Waals surface area contributed by atoms with Crippen molar-refractivity contribution in [3.8, 4) is 5.75 Å². The van der Waals surface area contributed by atoms with Crippen LogP contribution in [0.4, 0.5) is 0 Å². The molecule has 0 saturated carbocycles. The third kappa shape index (κ3) is 4.81. The Kier molecular flexibility index (Phi) is 7.92. The second-order valence-corrected chi connectivity index (χ2v) is 6.51. The topological polar surface area (TPSA) is 63.6 Å². The number of thiophene rings is 1. The third-order valence-electron chi connectivity index (χ3n) is 3.63. The van der Waals surface area contributed by atoms with Gasteiger partial charge in [0.25, 0.3) is 0 Å². The average Bonchev–Trinajstić information content (AvgIpc) is 2.99. The molecule has 1 atom stereocenters. The maximum absolute atomic E-state index is 12.2. The Labute approximate surface area is 147 Å². The summed E-state index contributed by atoms with van der Waals surface area (Å²) in [6.45, 7) is 7.66. The average molecular weight is 350 g/mol. The lowest BCUT2D eigenvalue weighted by atomic mass is 10.0. The van der Waals surface area contributed by atoms with E-state index in [9.17, 15) is 9.59 Å². The molecule has 0 unspecified atom stereocenters. The summed E-state index contributed by atoms with van der Waals surface area (Å²) in [6.07, 6.45) is 1.98. The number of methoxy groups -OCH3 is 1. The van der Waals surface area contributed by atoms with Gasteiger partial charge in [0.1, 0.15) is 5.75 Å². The summed E-state index contributed by atoms with van der Waals surface area (Å²) >= 11 is 1.42. The van der Waals surface area contributed by atoms with Crippen LogP contribution in [0.3, 0.4) is 0 Å². The molecule has 1 heterocycles. The highest BCUT2D eigenvalue weighted by molar-refractivity contribution is 7.20. The van der Waals surface area contributed by atoms with Gasteiger partial charge in [-0.3, -0.25) is 9.59 Å². The van der Waals surface area contributed by atoms with Crippen LogP contribution in [-0.2, 0) is 11.2 Å². The molecule has 132 valence electrons. The van der Waals surface area contributed by atoms with E-state index in [-0.39, 0.29) is 12.2 Å². The lowest BCUT2D eigenvalue weighted by molar-refractivity contribution is -0.141. The van der Waals surface area contributed by atoms with Gasteiger partial charge < -0.3 is 9.84 Å². The van der Waals surface area contributed by atoms with Crippen LogP contribution >= 0.6 is 11.3 Å². The van der Waals surface area contributed by atoms with Crippen molar-refractivity contribution in [1.29, 1.82) is 0 Å². The Hall–Kier alpha value is -1.88.